The van der Waals surface area contributed by atoms with E-state index in [1.165, 1.54) is 0 Å². The van der Waals surface area contributed by atoms with Gasteiger partial charge in [0.1, 0.15) is 30.2 Å². The minimum atomic E-state index is -0.431. The first-order chi connectivity index (χ1) is 16.1. The number of ketones is 1. The van der Waals surface area contributed by atoms with E-state index in [0.717, 1.165) is 23.3 Å². The number of hydrogen-bond donors (Lipinski definition) is 0. The lowest BCUT2D eigenvalue weighted by atomic mass is 9.80. The highest BCUT2D eigenvalue weighted by molar-refractivity contribution is 5.99. The molecule has 1 aromatic carbocycles. The molecule has 1 aliphatic carbocycles. The molecular formula is C25H22N4O4. The van der Waals surface area contributed by atoms with Crippen LogP contribution in [0, 0.1) is 13.8 Å². The summed E-state index contributed by atoms with van der Waals surface area (Å²) in [6.07, 6.45) is 5.15. The molecule has 0 spiro atoms. The van der Waals surface area contributed by atoms with Gasteiger partial charge in [-0.05, 0) is 49.6 Å². The van der Waals surface area contributed by atoms with Gasteiger partial charge in [-0.3, -0.25) is 4.79 Å². The second-order valence-electron chi connectivity index (χ2n) is 8.41. The molecule has 0 N–H and O–H groups in total. The number of carbonyl (C=O) groups excluding carboxylic acids is 1. The number of fused-ring (bicyclic) bond motifs is 3. The minimum Gasteiger partial charge on any atom is -0.485 e. The van der Waals surface area contributed by atoms with Crippen molar-refractivity contribution in [3.05, 3.63) is 82.5 Å². The van der Waals surface area contributed by atoms with Crippen LogP contribution in [0.5, 0.6) is 11.6 Å². The van der Waals surface area contributed by atoms with Crippen LogP contribution in [-0.2, 0) is 11.4 Å². The molecule has 6 rings (SSSR count). The highest BCUT2D eigenvalue weighted by Crippen LogP contribution is 2.47. The largest absolute Gasteiger partial charge is 0.485 e. The van der Waals surface area contributed by atoms with Crippen LogP contribution in [0.25, 0.3) is 5.65 Å². The Balaban J connectivity index is 1.43. The number of furan rings is 1. The van der Waals surface area contributed by atoms with E-state index < -0.39 is 5.92 Å². The highest BCUT2D eigenvalue weighted by atomic mass is 16.5. The maximum atomic E-state index is 12.9. The Hall–Kier alpha value is -3.94. The fourth-order valence-electron chi connectivity index (χ4n) is 4.59. The monoisotopic (exact) mass is 442 g/mol. The Labute approximate surface area is 189 Å². The van der Waals surface area contributed by atoms with E-state index in [1.807, 2.05) is 44.2 Å². The second kappa shape index (κ2) is 7.58. The van der Waals surface area contributed by atoms with Gasteiger partial charge >= 0.3 is 0 Å². The molecular weight excluding hydrogens is 420 g/mol. The zero-order chi connectivity index (χ0) is 22.5. The fourth-order valence-corrected chi connectivity index (χ4v) is 4.59. The van der Waals surface area contributed by atoms with E-state index in [0.29, 0.717) is 52.8 Å². The van der Waals surface area contributed by atoms with Crippen molar-refractivity contribution in [2.24, 2.45) is 0 Å². The van der Waals surface area contributed by atoms with Crippen molar-refractivity contribution in [2.75, 3.05) is 0 Å². The zero-order valence-corrected chi connectivity index (χ0v) is 18.4. The molecule has 0 unspecified atom stereocenters. The van der Waals surface area contributed by atoms with Gasteiger partial charge < -0.3 is 13.9 Å². The lowest BCUT2D eigenvalue weighted by Gasteiger charge is -2.30. The number of Topliss-reactive ketones (excluding diaryl/α,β-unsaturated/α-hetero) is 1. The van der Waals surface area contributed by atoms with Gasteiger partial charge in [0, 0.05) is 18.4 Å². The number of carbonyl (C=O) groups is 1. The molecule has 2 aliphatic rings. The first-order valence-electron chi connectivity index (χ1n) is 11.0. The van der Waals surface area contributed by atoms with Gasteiger partial charge in [0.05, 0.1) is 17.7 Å². The summed E-state index contributed by atoms with van der Waals surface area (Å²) >= 11 is 0. The third-order valence-corrected chi connectivity index (χ3v) is 6.38. The molecule has 0 fully saturated rings. The van der Waals surface area contributed by atoms with Crippen molar-refractivity contribution < 1.29 is 18.7 Å². The maximum absolute atomic E-state index is 12.9. The summed E-state index contributed by atoms with van der Waals surface area (Å²) in [6.45, 7) is 4.29. The van der Waals surface area contributed by atoms with Gasteiger partial charge in [-0.1, -0.05) is 12.1 Å². The van der Waals surface area contributed by atoms with E-state index >= 15 is 0 Å². The van der Waals surface area contributed by atoms with Crippen LogP contribution in [-0.4, -0.2) is 25.4 Å². The smallest absolute Gasteiger partial charge is 0.228 e. The molecule has 8 heteroatoms. The van der Waals surface area contributed by atoms with Crippen molar-refractivity contribution in [1.82, 2.24) is 19.6 Å². The Morgan fingerprint density at radius 1 is 1.18 bits per heavy atom. The van der Waals surface area contributed by atoms with Crippen LogP contribution in [0.15, 0.2) is 58.7 Å². The van der Waals surface area contributed by atoms with Crippen LogP contribution in [0.3, 0.4) is 0 Å². The van der Waals surface area contributed by atoms with E-state index in [1.54, 1.807) is 17.1 Å². The predicted octanol–water partition coefficient (Wildman–Crippen LogP) is 4.44. The standard InChI is InChI=1S/C25H22N4O4/c1-14-6-3-8-17(15(14)2)32-12-20-27-24-23-22(18-10-5-11-31-18)21-16(30)7-4-9-19(21)33-25(23)26-13-29(24)28-20/h3,5-6,8,10-11,13,22H,4,7,9,12H2,1-2H3/t22-/m1/s1. The van der Waals surface area contributed by atoms with Crippen LogP contribution >= 0.6 is 0 Å². The fraction of sp³-hybridized carbons (Fsp3) is 0.280. The average Bonchev–Trinajstić information content (AvgIpc) is 3.49. The van der Waals surface area contributed by atoms with Gasteiger partial charge in [0.25, 0.3) is 0 Å². The molecule has 1 atom stereocenters. The van der Waals surface area contributed by atoms with Crippen molar-refractivity contribution in [3.8, 4) is 11.6 Å². The molecule has 0 bridgehead atoms. The average molecular weight is 442 g/mol. The van der Waals surface area contributed by atoms with E-state index in [9.17, 15) is 4.79 Å². The van der Waals surface area contributed by atoms with Crippen molar-refractivity contribution in [1.29, 1.82) is 0 Å². The van der Waals surface area contributed by atoms with Crippen molar-refractivity contribution in [2.45, 2.75) is 45.6 Å². The van der Waals surface area contributed by atoms with Gasteiger partial charge in [-0.2, -0.15) is 0 Å². The van der Waals surface area contributed by atoms with Gasteiger partial charge in [0.15, 0.2) is 17.3 Å². The highest BCUT2D eigenvalue weighted by Gasteiger charge is 2.40. The molecule has 8 nitrogen and oxygen atoms in total. The molecule has 33 heavy (non-hydrogen) atoms. The van der Waals surface area contributed by atoms with Crippen LogP contribution < -0.4 is 9.47 Å². The van der Waals surface area contributed by atoms with Crippen LogP contribution in [0.4, 0.5) is 0 Å². The lowest BCUT2D eigenvalue weighted by Crippen LogP contribution is -2.26. The number of ether oxygens (including phenoxy) is 2. The number of nitrogens with zero attached hydrogens (tertiary/aromatic N) is 4. The Morgan fingerprint density at radius 2 is 2.09 bits per heavy atom. The summed E-state index contributed by atoms with van der Waals surface area (Å²) in [5, 5.41) is 4.56. The van der Waals surface area contributed by atoms with E-state index in [-0.39, 0.29) is 12.4 Å². The van der Waals surface area contributed by atoms with Gasteiger partial charge in [0.2, 0.25) is 5.88 Å². The number of hydrogen-bond acceptors (Lipinski definition) is 7. The summed E-state index contributed by atoms with van der Waals surface area (Å²) in [5.41, 5.74) is 4.14. The summed E-state index contributed by atoms with van der Waals surface area (Å²) in [5.74, 6) is 2.73. The van der Waals surface area contributed by atoms with Crippen molar-refractivity contribution >= 4 is 11.4 Å². The molecule has 3 aromatic heterocycles. The summed E-state index contributed by atoms with van der Waals surface area (Å²) in [6, 6.07) is 9.64. The van der Waals surface area contributed by atoms with Gasteiger partial charge in [-0.25, -0.2) is 14.5 Å². The molecule has 0 saturated carbocycles. The summed E-state index contributed by atoms with van der Waals surface area (Å²) in [4.78, 5) is 22.2. The summed E-state index contributed by atoms with van der Waals surface area (Å²) in [7, 11) is 0. The topological polar surface area (TPSA) is 91.8 Å². The van der Waals surface area contributed by atoms with Crippen LogP contribution in [0.2, 0.25) is 0 Å². The molecule has 4 aromatic rings. The molecule has 4 heterocycles. The normalized spacial score (nSPS) is 17.6. The molecule has 0 radical (unpaired) electrons. The number of benzene rings is 1. The Kier molecular flexibility index (Phi) is 4.53. The quantitative estimate of drug-likeness (QED) is 0.461. The number of allylic oxidation sites excluding steroid dienone is 2. The maximum Gasteiger partial charge on any atom is 0.228 e. The third-order valence-electron chi connectivity index (χ3n) is 6.38. The third kappa shape index (κ3) is 3.21. The molecule has 0 saturated heterocycles. The van der Waals surface area contributed by atoms with Crippen LogP contribution in [0.1, 0.15) is 53.5 Å². The molecule has 1 aliphatic heterocycles. The lowest BCUT2D eigenvalue weighted by molar-refractivity contribution is -0.116. The Bertz CT molecular complexity index is 1420. The number of aromatic nitrogens is 4. The molecule has 0 amide bonds. The van der Waals surface area contributed by atoms with E-state index in [4.69, 9.17) is 18.9 Å². The summed E-state index contributed by atoms with van der Waals surface area (Å²) < 4.78 is 19.5. The number of rotatable bonds is 4. The molecule has 166 valence electrons. The Morgan fingerprint density at radius 3 is 2.94 bits per heavy atom. The second-order valence-corrected chi connectivity index (χ2v) is 8.41. The number of aryl methyl sites for hydroxylation is 1. The zero-order valence-electron chi connectivity index (χ0n) is 18.4. The first-order valence-corrected chi connectivity index (χ1v) is 11.0. The first kappa shape index (κ1) is 19.7. The van der Waals surface area contributed by atoms with E-state index in [2.05, 4.69) is 10.1 Å². The minimum absolute atomic E-state index is 0.0725. The van der Waals surface area contributed by atoms with Gasteiger partial charge in [-0.15, -0.1) is 5.10 Å². The predicted molar refractivity (Wildman–Crippen MR) is 118 cm³/mol. The van der Waals surface area contributed by atoms with Crippen molar-refractivity contribution in [3.63, 3.8) is 0 Å². The SMILES string of the molecule is Cc1cccc(OCc2nc3c4c(ncn3n2)OC2=C(C(=O)CCC2)[C@H]4c2ccco2)c1C.